The van der Waals surface area contributed by atoms with Crippen molar-refractivity contribution in [2.75, 3.05) is 11.9 Å². The van der Waals surface area contributed by atoms with Crippen LogP contribution < -0.4 is 10.6 Å². The molecule has 1 aromatic carbocycles. The summed E-state index contributed by atoms with van der Waals surface area (Å²) in [5, 5.41) is 10.3. The van der Waals surface area contributed by atoms with Crippen LogP contribution in [0, 0.1) is 6.92 Å². The molecule has 33 heavy (non-hydrogen) atoms. The molecule has 3 rings (SSSR count). The number of nitrogens with zero attached hydrogens (tertiary/aromatic N) is 3. The Balaban J connectivity index is 2.00. The molecule has 0 aliphatic heterocycles. The van der Waals surface area contributed by atoms with E-state index in [2.05, 4.69) is 20.7 Å². The lowest BCUT2D eigenvalue weighted by Gasteiger charge is -2.14. The summed E-state index contributed by atoms with van der Waals surface area (Å²) < 4.78 is 6.30. The number of aryl methyl sites for hydroxylation is 1. The van der Waals surface area contributed by atoms with Gasteiger partial charge in [0.05, 0.1) is 16.3 Å². The molecule has 0 saturated carbocycles. The average Bonchev–Trinajstić information content (AvgIpc) is 3.22. The summed E-state index contributed by atoms with van der Waals surface area (Å²) in [5.74, 6) is -1.05. The molecule has 0 aliphatic carbocycles. The second kappa shape index (κ2) is 10.7. The van der Waals surface area contributed by atoms with E-state index in [1.807, 2.05) is 6.92 Å². The third-order valence-electron chi connectivity index (χ3n) is 4.65. The molecule has 0 fully saturated rings. The summed E-state index contributed by atoms with van der Waals surface area (Å²) in [7, 11) is 0. The molecule has 0 bridgehead atoms. The minimum atomic E-state index is -0.530. The second-order valence-electron chi connectivity index (χ2n) is 7.23. The van der Waals surface area contributed by atoms with Crippen LogP contribution in [0.25, 0.3) is 5.82 Å². The Labute approximate surface area is 196 Å². The molecule has 0 aliphatic rings. The fourth-order valence-electron chi connectivity index (χ4n) is 3.07. The van der Waals surface area contributed by atoms with Crippen LogP contribution in [0.4, 0.5) is 5.69 Å². The fourth-order valence-corrected chi connectivity index (χ4v) is 3.27. The van der Waals surface area contributed by atoms with Crippen LogP contribution >= 0.6 is 11.6 Å². The number of halogens is 1. The van der Waals surface area contributed by atoms with Gasteiger partial charge in [-0.3, -0.25) is 14.4 Å². The number of esters is 1. The van der Waals surface area contributed by atoms with Crippen molar-refractivity contribution in [2.24, 2.45) is 0 Å². The second-order valence-corrected chi connectivity index (χ2v) is 7.64. The first kappa shape index (κ1) is 23.9. The maximum absolute atomic E-state index is 13.3. The van der Waals surface area contributed by atoms with Crippen LogP contribution in [0.2, 0.25) is 5.02 Å². The summed E-state index contributed by atoms with van der Waals surface area (Å²) in [6.07, 6.45) is 2.31. The van der Waals surface area contributed by atoms with E-state index >= 15 is 0 Å². The molecular weight excluding hydrogens is 446 g/mol. The third kappa shape index (κ3) is 5.75. The van der Waals surface area contributed by atoms with Gasteiger partial charge in [-0.05, 0) is 43.2 Å². The maximum atomic E-state index is 13.3. The lowest BCUT2D eigenvalue weighted by Crippen LogP contribution is -2.26. The van der Waals surface area contributed by atoms with E-state index in [0.717, 1.165) is 12.0 Å². The summed E-state index contributed by atoms with van der Waals surface area (Å²) in [6.45, 7) is 5.43. The molecular formula is C23H24ClN5O4. The van der Waals surface area contributed by atoms with E-state index in [-0.39, 0.29) is 29.0 Å². The predicted molar refractivity (Wildman–Crippen MR) is 124 cm³/mol. The van der Waals surface area contributed by atoms with E-state index in [1.54, 1.807) is 37.3 Å². The monoisotopic (exact) mass is 469 g/mol. The van der Waals surface area contributed by atoms with Gasteiger partial charge in [0, 0.05) is 19.7 Å². The zero-order chi connectivity index (χ0) is 24.0. The van der Waals surface area contributed by atoms with Gasteiger partial charge in [0.2, 0.25) is 0 Å². The van der Waals surface area contributed by atoms with Crippen molar-refractivity contribution in [1.82, 2.24) is 20.1 Å². The van der Waals surface area contributed by atoms with Crippen molar-refractivity contribution in [3.05, 3.63) is 70.1 Å². The molecule has 0 atom stereocenters. The quantitative estimate of drug-likeness (QED) is 0.486. The number of nitrogens with one attached hydrogen (secondary N) is 2. The summed E-state index contributed by atoms with van der Waals surface area (Å²) in [4.78, 5) is 41.4. The van der Waals surface area contributed by atoms with E-state index in [1.165, 1.54) is 23.9 Å². The highest BCUT2D eigenvalue weighted by molar-refractivity contribution is 6.32. The summed E-state index contributed by atoms with van der Waals surface area (Å²) in [5.41, 5.74) is 1.90. The Morgan fingerprint density at radius 2 is 1.94 bits per heavy atom. The number of carbonyl (C=O) groups is 3. The maximum Gasteiger partial charge on any atom is 0.303 e. The predicted octanol–water partition coefficient (Wildman–Crippen LogP) is 3.68. The molecule has 172 valence electrons. The lowest BCUT2D eigenvalue weighted by atomic mass is 10.1. The van der Waals surface area contributed by atoms with Gasteiger partial charge in [-0.2, -0.15) is 5.10 Å². The molecule has 0 saturated heterocycles. The third-order valence-corrected chi connectivity index (χ3v) is 4.94. The topological polar surface area (TPSA) is 115 Å². The molecule has 0 radical (unpaired) electrons. The summed E-state index contributed by atoms with van der Waals surface area (Å²) >= 11 is 6.28. The van der Waals surface area contributed by atoms with E-state index in [4.69, 9.17) is 16.3 Å². The largest absolute Gasteiger partial charge is 0.459 e. The van der Waals surface area contributed by atoms with Crippen LogP contribution in [-0.2, 0) is 16.1 Å². The minimum Gasteiger partial charge on any atom is -0.459 e. The molecule has 2 aromatic heterocycles. The van der Waals surface area contributed by atoms with Crippen molar-refractivity contribution >= 4 is 35.1 Å². The van der Waals surface area contributed by atoms with Gasteiger partial charge in [0.1, 0.15) is 18.0 Å². The van der Waals surface area contributed by atoms with Gasteiger partial charge in [-0.1, -0.05) is 30.7 Å². The van der Waals surface area contributed by atoms with Crippen molar-refractivity contribution in [1.29, 1.82) is 0 Å². The van der Waals surface area contributed by atoms with E-state index < -0.39 is 11.9 Å². The Bertz CT molecular complexity index is 1190. The molecule has 2 N–H and O–H groups in total. The minimum absolute atomic E-state index is 0.112. The molecule has 10 heteroatoms. The number of amides is 2. The standard InChI is InChI=1S/C23H24ClN5O4/c1-4-10-26-22(31)17-8-5-7-14(2)20(17)27-23(32)19-12-16(13-33-15(3)30)28-29(19)21-18(24)9-6-11-25-21/h5-9,11-12H,4,10,13H2,1-3H3,(H,26,31)(H,27,32). The fraction of sp³-hybridized carbons (Fsp3) is 0.261. The Hall–Kier alpha value is -3.72. The van der Waals surface area contributed by atoms with Crippen LogP contribution in [0.5, 0.6) is 0 Å². The number of ether oxygens (including phenoxy) is 1. The highest BCUT2D eigenvalue weighted by Gasteiger charge is 2.22. The van der Waals surface area contributed by atoms with Gasteiger partial charge in [0.15, 0.2) is 5.82 Å². The van der Waals surface area contributed by atoms with Gasteiger partial charge < -0.3 is 15.4 Å². The first-order valence-electron chi connectivity index (χ1n) is 10.3. The van der Waals surface area contributed by atoms with Gasteiger partial charge in [-0.15, -0.1) is 0 Å². The highest BCUT2D eigenvalue weighted by atomic mass is 35.5. The highest BCUT2D eigenvalue weighted by Crippen LogP contribution is 2.24. The van der Waals surface area contributed by atoms with E-state index in [9.17, 15) is 14.4 Å². The van der Waals surface area contributed by atoms with Gasteiger partial charge in [-0.25, -0.2) is 9.67 Å². The number of carbonyl (C=O) groups excluding carboxylic acids is 3. The van der Waals surface area contributed by atoms with E-state index in [0.29, 0.717) is 23.5 Å². The number of aromatic nitrogens is 3. The zero-order valence-electron chi connectivity index (χ0n) is 18.5. The average molecular weight is 470 g/mol. The number of benzene rings is 1. The normalized spacial score (nSPS) is 10.5. The zero-order valence-corrected chi connectivity index (χ0v) is 19.3. The molecule has 3 aromatic rings. The Morgan fingerprint density at radius 3 is 2.64 bits per heavy atom. The number of pyridine rings is 1. The molecule has 0 spiro atoms. The molecule has 0 unspecified atom stereocenters. The number of hydrogen-bond acceptors (Lipinski definition) is 6. The Morgan fingerprint density at radius 1 is 1.15 bits per heavy atom. The van der Waals surface area contributed by atoms with Crippen LogP contribution in [-0.4, -0.2) is 39.1 Å². The molecule has 2 heterocycles. The molecule has 2 amide bonds. The lowest BCUT2D eigenvalue weighted by molar-refractivity contribution is -0.142. The number of anilines is 1. The van der Waals surface area contributed by atoms with Crippen molar-refractivity contribution < 1.29 is 19.1 Å². The van der Waals surface area contributed by atoms with Crippen LogP contribution in [0.15, 0.2) is 42.6 Å². The number of para-hydroxylation sites is 1. The van der Waals surface area contributed by atoms with Gasteiger partial charge in [0.25, 0.3) is 11.8 Å². The van der Waals surface area contributed by atoms with Crippen molar-refractivity contribution in [2.45, 2.75) is 33.8 Å². The summed E-state index contributed by atoms with van der Waals surface area (Å²) in [6, 6.07) is 9.96. The number of rotatable bonds is 8. The first-order chi connectivity index (χ1) is 15.8. The van der Waals surface area contributed by atoms with Gasteiger partial charge >= 0.3 is 5.97 Å². The Kier molecular flexibility index (Phi) is 7.78. The van der Waals surface area contributed by atoms with Crippen LogP contribution in [0.3, 0.4) is 0 Å². The smallest absolute Gasteiger partial charge is 0.303 e. The van der Waals surface area contributed by atoms with Crippen molar-refractivity contribution in [3.8, 4) is 5.82 Å². The SMILES string of the molecule is CCCNC(=O)c1cccc(C)c1NC(=O)c1cc(COC(C)=O)nn1-c1ncccc1Cl. The molecule has 9 nitrogen and oxygen atoms in total. The van der Waals surface area contributed by atoms with Crippen LogP contribution in [0.1, 0.15) is 52.4 Å². The first-order valence-corrected chi connectivity index (χ1v) is 10.7. The number of hydrogen-bond donors (Lipinski definition) is 2. The van der Waals surface area contributed by atoms with Crippen molar-refractivity contribution in [3.63, 3.8) is 0 Å².